The third-order valence-corrected chi connectivity index (χ3v) is 5.44. The summed E-state index contributed by atoms with van der Waals surface area (Å²) in [4.78, 5) is 16.6. The van der Waals surface area contributed by atoms with Crippen molar-refractivity contribution in [3.8, 4) is 11.5 Å². The molecule has 0 saturated carbocycles. The summed E-state index contributed by atoms with van der Waals surface area (Å²) in [5.41, 5.74) is 2.11. The molecule has 5 nitrogen and oxygen atoms in total. The molecule has 27 heavy (non-hydrogen) atoms. The Morgan fingerprint density at radius 2 is 2.04 bits per heavy atom. The van der Waals surface area contributed by atoms with Gasteiger partial charge in [0.1, 0.15) is 22.7 Å². The molecule has 134 valence electrons. The number of para-hydroxylation sites is 1. The minimum Gasteiger partial charge on any atom is -0.453 e. The number of nitrogens with zero attached hydrogens (tertiary/aromatic N) is 4. The summed E-state index contributed by atoms with van der Waals surface area (Å²) in [6.45, 7) is 1.52. The van der Waals surface area contributed by atoms with E-state index in [-0.39, 0.29) is 5.75 Å². The van der Waals surface area contributed by atoms with Crippen molar-refractivity contribution in [1.29, 1.82) is 0 Å². The van der Waals surface area contributed by atoms with E-state index in [1.54, 1.807) is 42.1 Å². The molecule has 0 radical (unpaired) electrons. The molecular formula is C20H15FN4OS. The lowest BCUT2D eigenvalue weighted by molar-refractivity contribution is 0.439. The second-order valence-corrected chi connectivity index (χ2v) is 7.21. The van der Waals surface area contributed by atoms with Crippen LogP contribution in [0.4, 0.5) is 10.2 Å². The summed E-state index contributed by atoms with van der Waals surface area (Å²) < 4.78 is 19.5. The second kappa shape index (κ2) is 6.59. The predicted molar refractivity (Wildman–Crippen MR) is 103 cm³/mol. The Morgan fingerprint density at radius 3 is 2.96 bits per heavy atom. The number of hydrogen-bond donors (Lipinski definition) is 0. The second-order valence-electron chi connectivity index (χ2n) is 6.32. The first kappa shape index (κ1) is 16.1. The van der Waals surface area contributed by atoms with E-state index in [2.05, 4.69) is 25.9 Å². The Bertz CT molecular complexity index is 1130. The molecule has 1 aromatic carbocycles. The first-order valence-electron chi connectivity index (χ1n) is 8.61. The van der Waals surface area contributed by atoms with Gasteiger partial charge in [0.2, 0.25) is 0 Å². The highest BCUT2D eigenvalue weighted by Gasteiger charge is 2.21. The van der Waals surface area contributed by atoms with Gasteiger partial charge in [0, 0.05) is 25.2 Å². The van der Waals surface area contributed by atoms with Crippen LogP contribution in [0.2, 0.25) is 0 Å². The van der Waals surface area contributed by atoms with Crippen LogP contribution in [0.5, 0.6) is 11.5 Å². The normalized spacial score (nSPS) is 13.6. The van der Waals surface area contributed by atoms with Gasteiger partial charge in [0.25, 0.3) is 0 Å². The molecule has 7 heteroatoms. The maximum atomic E-state index is 13.8. The number of halogens is 1. The monoisotopic (exact) mass is 378 g/mol. The van der Waals surface area contributed by atoms with Gasteiger partial charge in [0.05, 0.1) is 11.6 Å². The summed E-state index contributed by atoms with van der Waals surface area (Å²) in [6, 6.07) is 10.4. The van der Waals surface area contributed by atoms with E-state index in [9.17, 15) is 4.39 Å². The molecule has 1 aliphatic rings. The lowest BCUT2D eigenvalue weighted by Gasteiger charge is -2.29. The highest BCUT2D eigenvalue weighted by atomic mass is 32.1. The van der Waals surface area contributed by atoms with Gasteiger partial charge in [-0.2, -0.15) is 0 Å². The molecule has 1 aliphatic heterocycles. The summed E-state index contributed by atoms with van der Waals surface area (Å²) in [6.07, 6.45) is 4.09. The fourth-order valence-electron chi connectivity index (χ4n) is 3.32. The van der Waals surface area contributed by atoms with Crippen molar-refractivity contribution in [2.45, 2.75) is 13.0 Å². The number of thiophene rings is 1. The van der Waals surface area contributed by atoms with Crippen LogP contribution in [0.25, 0.3) is 10.2 Å². The molecule has 0 amide bonds. The predicted octanol–water partition coefficient (Wildman–Crippen LogP) is 4.58. The fraction of sp³-hybridized carbons (Fsp3) is 0.150. The summed E-state index contributed by atoms with van der Waals surface area (Å²) in [7, 11) is 0. The molecule has 0 saturated heterocycles. The molecular weight excluding hydrogens is 363 g/mol. The Hall–Kier alpha value is -3.06. The van der Waals surface area contributed by atoms with Crippen LogP contribution in [-0.4, -0.2) is 21.5 Å². The van der Waals surface area contributed by atoms with Crippen molar-refractivity contribution < 1.29 is 9.13 Å². The molecule has 4 heterocycles. The fourth-order valence-corrected chi connectivity index (χ4v) is 4.05. The number of rotatable bonds is 3. The van der Waals surface area contributed by atoms with Crippen molar-refractivity contribution in [1.82, 2.24) is 15.0 Å². The molecule has 0 unspecified atom stereocenters. The van der Waals surface area contributed by atoms with Crippen molar-refractivity contribution in [2.24, 2.45) is 0 Å². The topological polar surface area (TPSA) is 51.1 Å². The zero-order chi connectivity index (χ0) is 18.2. The number of fused-ring (bicyclic) bond motifs is 2. The minimum absolute atomic E-state index is 0.197. The lowest BCUT2D eigenvalue weighted by Crippen LogP contribution is -2.31. The van der Waals surface area contributed by atoms with E-state index in [0.717, 1.165) is 40.3 Å². The van der Waals surface area contributed by atoms with Crippen molar-refractivity contribution in [2.75, 3.05) is 11.4 Å². The van der Waals surface area contributed by atoms with Gasteiger partial charge < -0.3 is 9.64 Å². The van der Waals surface area contributed by atoms with Gasteiger partial charge in [-0.15, -0.1) is 11.3 Å². The maximum Gasteiger partial charge on any atom is 0.165 e. The van der Waals surface area contributed by atoms with E-state index in [0.29, 0.717) is 12.3 Å². The molecule has 0 atom stereocenters. The zero-order valence-electron chi connectivity index (χ0n) is 14.3. The molecule has 5 rings (SSSR count). The summed E-state index contributed by atoms with van der Waals surface area (Å²) >= 11 is 1.61. The third kappa shape index (κ3) is 3.00. The van der Waals surface area contributed by atoms with E-state index < -0.39 is 5.82 Å². The van der Waals surface area contributed by atoms with Crippen LogP contribution in [0.15, 0.2) is 54.3 Å². The number of ether oxygens (including phenoxy) is 1. The maximum absolute atomic E-state index is 13.8. The smallest absolute Gasteiger partial charge is 0.165 e. The number of aromatic nitrogens is 3. The first-order chi connectivity index (χ1) is 13.3. The molecule has 0 fully saturated rings. The van der Waals surface area contributed by atoms with Crippen LogP contribution >= 0.6 is 11.3 Å². The molecule has 0 spiro atoms. The first-order valence-corrected chi connectivity index (χ1v) is 9.49. The largest absolute Gasteiger partial charge is 0.453 e. The van der Waals surface area contributed by atoms with Gasteiger partial charge in [-0.3, -0.25) is 4.98 Å². The van der Waals surface area contributed by atoms with Crippen molar-refractivity contribution in [3.05, 3.63) is 71.4 Å². The Morgan fingerprint density at radius 1 is 1.11 bits per heavy atom. The van der Waals surface area contributed by atoms with E-state index in [4.69, 9.17) is 4.74 Å². The highest BCUT2D eigenvalue weighted by molar-refractivity contribution is 7.16. The quantitative estimate of drug-likeness (QED) is 0.522. The van der Waals surface area contributed by atoms with Crippen LogP contribution in [0, 0.1) is 5.82 Å². The molecule has 0 aliphatic carbocycles. The Labute approximate surface area is 159 Å². The van der Waals surface area contributed by atoms with Crippen LogP contribution in [-0.2, 0) is 13.0 Å². The lowest BCUT2D eigenvalue weighted by atomic mass is 10.1. The van der Waals surface area contributed by atoms with Crippen LogP contribution in [0.3, 0.4) is 0 Å². The summed E-state index contributed by atoms with van der Waals surface area (Å²) in [5.74, 6) is 1.27. The van der Waals surface area contributed by atoms with Crippen LogP contribution < -0.4 is 9.64 Å². The number of hydrogen-bond acceptors (Lipinski definition) is 6. The van der Waals surface area contributed by atoms with Gasteiger partial charge in [0.15, 0.2) is 11.6 Å². The van der Waals surface area contributed by atoms with Crippen LogP contribution in [0.1, 0.15) is 11.3 Å². The van der Waals surface area contributed by atoms with Gasteiger partial charge in [-0.1, -0.05) is 12.1 Å². The standard InChI is InChI=1S/C20H15FN4OS/c21-16-3-1-2-4-18(16)26-14-9-13-11-25(7-5-17(13)22-10-14)19-15-6-8-27-20(15)24-12-23-19/h1-4,6,8-10,12H,5,7,11H2. The van der Waals surface area contributed by atoms with E-state index in [1.807, 2.05) is 11.4 Å². The van der Waals surface area contributed by atoms with Gasteiger partial charge in [-0.25, -0.2) is 14.4 Å². The molecule has 0 bridgehead atoms. The SMILES string of the molecule is Fc1ccccc1Oc1cnc2c(c1)CN(c1ncnc3sccc13)CC2. The minimum atomic E-state index is -0.391. The average molecular weight is 378 g/mol. The van der Waals surface area contributed by atoms with Crippen molar-refractivity contribution in [3.63, 3.8) is 0 Å². The Balaban J connectivity index is 1.45. The zero-order valence-corrected chi connectivity index (χ0v) is 15.1. The Kier molecular flexibility index (Phi) is 3.94. The van der Waals surface area contributed by atoms with Gasteiger partial charge in [-0.05, 0) is 35.2 Å². The van der Waals surface area contributed by atoms with Crippen molar-refractivity contribution >= 4 is 27.4 Å². The average Bonchev–Trinajstić information content (AvgIpc) is 3.18. The number of anilines is 1. The van der Waals surface area contributed by atoms with E-state index in [1.165, 1.54) is 6.07 Å². The molecule has 0 N–H and O–H groups in total. The number of pyridine rings is 1. The third-order valence-electron chi connectivity index (χ3n) is 4.62. The number of benzene rings is 1. The highest BCUT2D eigenvalue weighted by Crippen LogP contribution is 2.32. The van der Waals surface area contributed by atoms with E-state index >= 15 is 0 Å². The van der Waals surface area contributed by atoms with Gasteiger partial charge >= 0.3 is 0 Å². The molecule has 4 aromatic rings. The molecule has 3 aromatic heterocycles. The summed E-state index contributed by atoms with van der Waals surface area (Å²) in [5, 5.41) is 3.10.